The van der Waals surface area contributed by atoms with Crippen molar-refractivity contribution in [2.45, 2.75) is 38.4 Å². The van der Waals surface area contributed by atoms with Gasteiger partial charge in [0.15, 0.2) is 0 Å². The van der Waals surface area contributed by atoms with Crippen molar-refractivity contribution in [3.63, 3.8) is 0 Å². The summed E-state index contributed by atoms with van der Waals surface area (Å²) in [5, 5.41) is 10.7. The summed E-state index contributed by atoms with van der Waals surface area (Å²) in [5.41, 5.74) is 2.13. The van der Waals surface area contributed by atoms with E-state index < -0.39 is 6.10 Å². The van der Waals surface area contributed by atoms with Crippen molar-refractivity contribution in [2.75, 3.05) is 6.61 Å². The van der Waals surface area contributed by atoms with Crippen molar-refractivity contribution in [3.05, 3.63) is 34.3 Å². The largest absolute Gasteiger partial charge is 0.390 e. The molecule has 16 heavy (non-hydrogen) atoms. The number of ether oxygens (including phenoxy) is 1. The van der Waals surface area contributed by atoms with Gasteiger partial charge in [-0.1, -0.05) is 23.7 Å². The highest BCUT2D eigenvalue weighted by molar-refractivity contribution is 6.31. The first kappa shape index (κ1) is 11.9. The molecule has 0 aromatic heterocycles. The van der Waals surface area contributed by atoms with Crippen molar-refractivity contribution in [2.24, 2.45) is 0 Å². The van der Waals surface area contributed by atoms with Crippen LogP contribution in [-0.4, -0.2) is 23.9 Å². The van der Waals surface area contributed by atoms with Crippen molar-refractivity contribution in [3.8, 4) is 0 Å². The Morgan fingerprint density at radius 1 is 1.56 bits per heavy atom. The molecule has 0 spiro atoms. The Morgan fingerprint density at radius 2 is 2.38 bits per heavy atom. The third-order valence-corrected chi connectivity index (χ3v) is 3.38. The molecule has 2 unspecified atom stereocenters. The third kappa shape index (κ3) is 2.76. The molecule has 2 nitrogen and oxygen atoms in total. The maximum atomic E-state index is 10.0. The molecule has 0 radical (unpaired) electrons. The van der Waals surface area contributed by atoms with Gasteiger partial charge in [0.05, 0.1) is 12.2 Å². The van der Waals surface area contributed by atoms with Crippen LogP contribution in [0.1, 0.15) is 24.0 Å². The van der Waals surface area contributed by atoms with Crippen LogP contribution < -0.4 is 0 Å². The number of aryl methyl sites for hydroxylation is 1. The first-order valence-corrected chi connectivity index (χ1v) is 6.09. The minimum absolute atomic E-state index is 0.0163. The Balaban J connectivity index is 2.02. The average Bonchev–Trinajstić information content (AvgIpc) is 2.75. The number of hydrogen-bond acceptors (Lipinski definition) is 2. The van der Waals surface area contributed by atoms with Crippen LogP contribution in [0.2, 0.25) is 5.02 Å². The van der Waals surface area contributed by atoms with Gasteiger partial charge in [0.25, 0.3) is 0 Å². The second kappa shape index (κ2) is 5.17. The summed E-state index contributed by atoms with van der Waals surface area (Å²) in [7, 11) is 0. The van der Waals surface area contributed by atoms with Gasteiger partial charge < -0.3 is 9.84 Å². The van der Waals surface area contributed by atoms with Gasteiger partial charge in [-0.3, -0.25) is 0 Å². The highest BCUT2D eigenvalue weighted by Crippen LogP contribution is 2.23. The Kier molecular flexibility index (Phi) is 3.85. The molecule has 1 saturated heterocycles. The average molecular weight is 241 g/mol. The highest BCUT2D eigenvalue weighted by atomic mass is 35.5. The maximum Gasteiger partial charge on any atom is 0.0842 e. The summed E-state index contributed by atoms with van der Waals surface area (Å²) in [6, 6.07) is 5.93. The number of halogens is 1. The predicted molar refractivity (Wildman–Crippen MR) is 64.9 cm³/mol. The van der Waals surface area contributed by atoms with Crippen LogP contribution >= 0.6 is 11.6 Å². The molecule has 1 N–H and O–H groups in total. The maximum absolute atomic E-state index is 10.0. The highest BCUT2D eigenvalue weighted by Gasteiger charge is 2.24. The van der Waals surface area contributed by atoms with E-state index in [1.807, 2.05) is 25.1 Å². The summed E-state index contributed by atoms with van der Waals surface area (Å²) in [4.78, 5) is 0. The van der Waals surface area contributed by atoms with E-state index in [2.05, 4.69) is 0 Å². The molecule has 3 heteroatoms. The second-order valence-corrected chi connectivity index (χ2v) is 4.83. The molecule has 1 aliphatic rings. The molecule has 1 fully saturated rings. The smallest absolute Gasteiger partial charge is 0.0842 e. The van der Waals surface area contributed by atoms with Crippen LogP contribution in [0.5, 0.6) is 0 Å². The molecule has 1 aliphatic heterocycles. The van der Waals surface area contributed by atoms with Gasteiger partial charge in [0, 0.05) is 18.1 Å². The van der Waals surface area contributed by atoms with E-state index >= 15 is 0 Å². The van der Waals surface area contributed by atoms with Gasteiger partial charge in [-0.25, -0.2) is 0 Å². The zero-order valence-corrected chi connectivity index (χ0v) is 10.2. The van der Waals surface area contributed by atoms with E-state index in [1.54, 1.807) is 0 Å². The molecular weight excluding hydrogens is 224 g/mol. The van der Waals surface area contributed by atoms with Crippen LogP contribution in [0, 0.1) is 6.92 Å². The van der Waals surface area contributed by atoms with E-state index in [0.717, 1.165) is 35.6 Å². The first-order chi connectivity index (χ1) is 7.66. The fourth-order valence-electron chi connectivity index (χ4n) is 2.08. The van der Waals surface area contributed by atoms with Crippen molar-refractivity contribution in [1.29, 1.82) is 0 Å². The van der Waals surface area contributed by atoms with Gasteiger partial charge in [-0.15, -0.1) is 0 Å². The molecular formula is C13H17ClO2. The molecule has 2 rings (SSSR count). The number of benzene rings is 1. The molecule has 0 saturated carbocycles. The van der Waals surface area contributed by atoms with Gasteiger partial charge in [-0.2, -0.15) is 0 Å². The third-order valence-electron chi connectivity index (χ3n) is 3.03. The summed E-state index contributed by atoms with van der Waals surface area (Å²) < 4.78 is 5.46. The minimum Gasteiger partial charge on any atom is -0.390 e. The Labute approximate surface area is 101 Å². The Morgan fingerprint density at radius 3 is 3.00 bits per heavy atom. The standard InChI is InChI=1S/C13H17ClO2/c1-9-4-5-10(11(14)7-9)8-12(15)13-3-2-6-16-13/h4-5,7,12-13,15H,2-3,6,8H2,1H3. The molecule has 0 bridgehead atoms. The number of aliphatic hydroxyl groups excluding tert-OH is 1. The molecule has 1 aromatic rings. The molecule has 0 aliphatic carbocycles. The minimum atomic E-state index is -0.442. The lowest BCUT2D eigenvalue weighted by Crippen LogP contribution is -2.27. The Bertz CT molecular complexity index is 359. The summed E-state index contributed by atoms with van der Waals surface area (Å²) in [5.74, 6) is 0. The molecule has 1 heterocycles. The monoisotopic (exact) mass is 240 g/mol. The van der Waals surface area contributed by atoms with Crippen molar-refractivity contribution >= 4 is 11.6 Å². The van der Waals surface area contributed by atoms with Crippen LogP contribution in [0.4, 0.5) is 0 Å². The van der Waals surface area contributed by atoms with Crippen LogP contribution in [-0.2, 0) is 11.2 Å². The van der Waals surface area contributed by atoms with E-state index in [0.29, 0.717) is 6.42 Å². The predicted octanol–water partition coefficient (Wildman–Crippen LogP) is 2.73. The SMILES string of the molecule is Cc1ccc(CC(O)C2CCCO2)c(Cl)c1. The van der Waals surface area contributed by atoms with Crippen molar-refractivity contribution in [1.82, 2.24) is 0 Å². The summed E-state index contributed by atoms with van der Waals surface area (Å²) in [6.45, 7) is 2.77. The molecule has 2 atom stereocenters. The first-order valence-electron chi connectivity index (χ1n) is 5.71. The van der Waals surface area contributed by atoms with E-state index in [9.17, 15) is 5.11 Å². The molecule has 88 valence electrons. The zero-order chi connectivity index (χ0) is 11.5. The number of rotatable bonds is 3. The van der Waals surface area contributed by atoms with Gasteiger partial charge >= 0.3 is 0 Å². The molecule has 1 aromatic carbocycles. The normalized spacial score (nSPS) is 22.3. The lowest BCUT2D eigenvalue weighted by atomic mass is 10.0. The zero-order valence-electron chi connectivity index (χ0n) is 9.45. The van der Waals surface area contributed by atoms with Crippen LogP contribution in [0.3, 0.4) is 0 Å². The summed E-state index contributed by atoms with van der Waals surface area (Å²) >= 11 is 6.13. The Hall–Kier alpha value is -0.570. The van der Waals surface area contributed by atoms with E-state index in [4.69, 9.17) is 16.3 Å². The molecule has 0 amide bonds. The van der Waals surface area contributed by atoms with Gasteiger partial charge in [0.2, 0.25) is 0 Å². The topological polar surface area (TPSA) is 29.5 Å². The van der Waals surface area contributed by atoms with Gasteiger partial charge in [-0.05, 0) is 37.0 Å². The van der Waals surface area contributed by atoms with Crippen LogP contribution in [0.15, 0.2) is 18.2 Å². The fraction of sp³-hybridized carbons (Fsp3) is 0.538. The van der Waals surface area contributed by atoms with Gasteiger partial charge in [0.1, 0.15) is 0 Å². The lowest BCUT2D eigenvalue weighted by Gasteiger charge is -2.18. The fourth-order valence-corrected chi connectivity index (χ4v) is 2.39. The second-order valence-electron chi connectivity index (χ2n) is 4.42. The van der Waals surface area contributed by atoms with E-state index in [1.165, 1.54) is 0 Å². The lowest BCUT2D eigenvalue weighted by molar-refractivity contribution is -0.000763. The van der Waals surface area contributed by atoms with E-state index in [-0.39, 0.29) is 6.10 Å². The number of hydrogen-bond donors (Lipinski definition) is 1. The quantitative estimate of drug-likeness (QED) is 0.881. The number of aliphatic hydroxyl groups is 1. The summed E-state index contributed by atoms with van der Waals surface area (Å²) in [6.07, 6.45) is 2.11. The van der Waals surface area contributed by atoms with Crippen molar-refractivity contribution < 1.29 is 9.84 Å². The van der Waals surface area contributed by atoms with Crippen LogP contribution in [0.25, 0.3) is 0 Å².